The first kappa shape index (κ1) is 16.1. The van der Waals surface area contributed by atoms with Crippen LogP contribution in [0.1, 0.15) is 30.9 Å². The van der Waals surface area contributed by atoms with Crippen molar-refractivity contribution in [1.82, 2.24) is 10.2 Å². The van der Waals surface area contributed by atoms with Crippen LogP contribution in [0.5, 0.6) is 0 Å². The third kappa shape index (κ3) is 3.12. The lowest BCUT2D eigenvalue weighted by Crippen LogP contribution is -2.49. The summed E-state index contributed by atoms with van der Waals surface area (Å²) in [6.45, 7) is 2.53. The van der Waals surface area contributed by atoms with E-state index in [1.54, 1.807) is 0 Å². The lowest BCUT2D eigenvalue weighted by Gasteiger charge is -2.37. The van der Waals surface area contributed by atoms with Crippen LogP contribution < -0.4 is 5.32 Å². The van der Waals surface area contributed by atoms with Crippen molar-refractivity contribution in [3.63, 3.8) is 0 Å². The second-order valence-corrected chi connectivity index (χ2v) is 7.09. The molecule has 3 fully saturated rings. The number of nitrogens with zero attached hydrogens (tertiary/aromatic N) is 1. The minimum Gasteiger partial charge on any atom is -0.333 e. The van der Waals surface area contributed by atoms with E-state index in [0.29, 0.717) is 17.7 Å². The number of rotatable bonds is 3. The molecule has 0 aromatic heterocycles. The first-order valence-electron chi connectivity index (χ1n) is 8.00. The normalized spacial score (nSPS) is 30.6. The SMILES string of the molecule is Cl.O=C(C1CC1C1CC1)N1CCNCC1c1cccc(Cl)c1. The fraction of sp³-hybridized carbons (Fsp3) is 0.588. The van der Waals surface area contributed by atoms with Gasteiger partial charge in [-0.1, -0.05) is 23.7 Å². The number of hydrogen-bond donors (Lipinski definition) is 1. The van der Waals surface area contributed by atoms with Crippen LogP contribution in [0.2, 0.25) is 5.02 Å². The zero-order valence-electron chi connectivity index (χ0n) is 12.5. The van der Waals surface area contributed by atoms with Gasteiger partial charge in [-0.05, 0) is 48.8 Å². The van der Waals surface area contributed by atoms with Crippen molar-refractivity contribution in [1.29, 1.82) is 0 Å². The maximum absolute atomic E-state index is 12.8. The Kier molecular flexibility index (Phi) is 4.67. The molecule has 1 saturated heterocycles. The molecule has 3 aliphatic rings. The van der Waals surface area contributed by atoms with E-state index in [9.17, 15) is 4.79 Å². The quantitative estimate of drug-likeness (QED) is 0.915. The number of piperazine rings is 1. The average Bonchev–Trinajstić information content (AvgIpc) is 3.38. The Morgan fingerprint density at radius 3 is 2.86 bits per heavy atom. The molecule has 0 bridgehead atoms. The topological polar surface area (TPSA) is 32.3 Å². The van der Waals surface area contributed by atoms with Crippen LogP contribution in [0.15, 0.2) is 24.3 Å². The Balaban J connectivity index is 0.00000144. The Labute approximate surface area is 142 Å². The minimum absolute atomic E-state index is 0. The highest BCUT2D eigenvalue weighted by atomic mass is 35.5. The largest absolute Gasteiger partial charge is 0.333 e. The second-order valence-electron chi connectivity index (χ2n) is 6.65. The van der Waals surface area contributed by atoms with Gasteiger partial charge >= 0.3 is 0 Å². The van der Waals surface area contributed by atoms with E-state index in [1.807, 2.05) is 18.2 Å². The predicted molar refractivity (Wildman–Crippen MR) is 90.3 cm³/mol. The lowest BCUT2D eigenvalue weighted by atomic mass is 10.0. The van der Waals surface area contributed by atoms with Crippen LogP contribution in [0.3, 0.4) is 0 Å². The number of carbonyl (C=O) groups excluding carboxylic acids is 1. The van der Waals surface area contributed by atoms with Gasteiger partial charge in [-0.2, -0.15) is 0 Å². The third-order valence-electron chi connectivity index (χ3n) is 5.14. The van der Waals surface area contributed by atoms with Gasteiger partial charge in [0.1, 0.15) is 0 Å². The van der Waals surface area contributed by atoms with E-state index in [4.69, 9.17) is 11.6 Å². The summed E-state index contributed by atoms with van der Waals surface area (Å²) in [4.78, 5) is 14.9. The van der Waals surface area contributed by atoms with Gasteiger partial charge in [0.05, 0.1) is 6.04 Å². The molecule has 1 aromatic rings. The molecule has 120 valence electrons. The van der Waals surface area contributed by atoms with Crippen LogP contribution in [0.4, 0.5) is 0 Å². The molecule has 0 radical (unpaired) electrons. The Hall–Kier alpha value is -0.770. The lowest BCUT2D eigenvalue weighted by molar-refractivity contribution is -0.136. The monoisotopic (exact) mass is 340 g/mol. The molecule has 1 aromatic carbocycles. The van der Waals surface area contributed by atoms with Crippen molar-refractivity contribution in [2.75, 3.05) is 19.6 Å². The van der Waals surface area contributed by atoms with Crippen molar-refractivity contribution in [3.8, 4) is 0 Å². The first-order valence-corrected chi connectivity index (χ1v) is 8.38. The summed E-state index contributed by atoms with van der Waals surface area (Å²) >= 11 is 6.12. The van der Waals surface area contributed by atoms with E-state index in [-0.39, 0.29) is 18.4 Å². The van der Waals surface area contributed by atoms with Gasteiger partial charge in [-0.3, -0.25) is 4.79 Å². The maximum Gasteiger partial charge on any atom is 0.226 e. The van der Waals surface area contributed by atoms with E-state index in [1.165, 1.54) is 12.8 Å². The summed E-state index contributed by atoms with van der Waals surface area (Å²) in [5.74, 6) is 2.22. The molecule has 22 heavy (non-hydrogen) atoms. The molecular weight excluding hydrogens is 319 g/mol. The van der Waals surface area contributed by atoms with Gasteiger partial charge in [-0.15, -0.1) is 12.4 Å². The zero-order chi connectivity index (χ0) is 14.4. The van der Waals surface area contributed by atoms with Gasteiger partial charge in [0.15, 0.2) is 0 Å². The molecule has 3 unspecified atom stereocenters. The third-order valence-corrected chi connectivity index (χ3v) is 5.38. The highest BCUT2D eigenvalue weighted by Crippen LogP contribution is 2.55. The van der Waals surface area contributed by atoms with Crippen LogP contribution in [-0.4, -0.2) is 30.4 Å². The fourth-order valence-corrected chi connectivity index (χ4v) is 3.94. The fourth-order valence-electron chi connectivity index (χ4n) is 3.74. The van der Waals surface area contributed by atoms with Crippen molar-refractivity contribution in [3.05, 3.63) is 34.9 Å². The zero-order valence-corrected chi connectivity index (χ0v) is 14.1. The van der Waals surface area contributed by atoms with E-state index < -0.39 is 0 Å². The van der Waals surface area contributed by atoms with E-state index in [2.05, 4.69) is 16.3 Å². The summed E-state index contributed by atoms with van der Waals surface area (Å²) in [7, 11) is 0. The van der Waals surface area contributed by atoms with Crippen LogP contribution in [0, 0.1) is 17.8 Å². The maximum atomic E-state index is 12.8. The molecule has 1 amide bonds. The predicted octanol–water partition coefficient (Wildman–Crippen LogP) is 3.28. The molecule has 3 atom stereocenters. The van der Waals surface area contributed by atoms with E-state index >= 15 is 0 Å². The highest BCUT2D eigenvalue weighted by molar-refractivity contribution is 6.30. The molecular formula is C17H22Cl2N2O. The summed E-state index contributed by atoms with van der Waals surface area (Å²) in [5.41, 5.74) is 1.15. The van der Waals surface area contributed by atoms with Gasteiger partial charge in [0.25, 0.3) is 0 Å². The Morgan fingerprint density at radius 1 is 1.32 bits per heavy atom. The van der Waals surface area contributed by atoms with Gasteiger partial charge in [-0.25, -0.2) is 0 Å². The number of amides is 1. The molecule has 1 heterocycles. The van der Waals surface area contributed by atoms with Crippen molar-refractivity contribution in [2.45, 2.75) is 25.3 Å². The van der Waals surface area contributed by atoms with Crippen molar-refractivity contribution < 1.29 is 4.79 Å². The van der Waals surface area contributed by atoms with Gasteiger partial charge in [0, 0.05) is 30.6 Å². The first-order chi connectivity index (χ1) is 10.2. The average molecular weight is 341 g/mol. The van der Waals surface area contributed by atoms with Gasteiger partial charge < -0.3 is 10.2 Å². The van der Waals surface area contributed by atoms with Crippen LogP contribution >= 0.6 is 24.0 Å². The number of nitrogens with one attached hydrogen (secondary N) is 1. The number of carbonyl (C=O) groups is 1. The summed E-state index contributed by atoms with van der Waals surface area (Å²) < 4.78 is 0. The Bertz CT molecular complexity index is 561. The number of benzene rings is 1. The molecule has 2 saturated carbocycles. The number of halogens is 2. The molecule has 2 aliphatic carbocycles. The summed E-state index contributed by atoms with van der Waals surface area (Å²) in [6, 6.07) is 8.06. The Morgan fingerprint density at radius 2 is 2.14 bits per heavy atom. The molecule has 4 rings (SSSR count). The molecule has 0 spiro atoms. The van der Waals surface area contributed by atoms with Crippen molar-refractivity contribution in [2.24, 2.45) is 17.8 Å². The van der Waals surface area contributed by atoms with Crippen molar-refractivity contribution >= 4 is 29.9 Å². The summed E-state index contributed by atoms with van der Waals surface area (Å²) in [6.07, 6.45) is 3.80. The van der Waals surface area contributed by atoms with E-state index in [0.717, 1.165) is 42.6 Å². The molecule has 5 heteroatoms. The van der Waals surface area contributed by atoms with Gasteiger partial charge in [0.2, 0.25) is 5.91 Å². The smallest absolute Gasteiger partial charge is 0.226 e. The second kappa shape index (κ2) is 6.38. The molecule has 1 N–H and O–H groups in total. The number of hydrogen-bond acceptors (Lipinski definition) is 2. The molecule has 3 nitrogen and oxygen atoms in total. The standard InChI is InChI=1S/C17H21ClN2O.ClH/c18-13-3-1-2-12(8-13)16-10-19-6-7-20(16)17(21)15-9-14(15)11-4-5-11;/h1-3,8,11,14-16,19H,4-7,9-10H2;1H. The molecule has 1 aliphatic heterocycles. The van der Waals surface area contributed by atoms with Crippen LogP contribution in [-0.2, 0) is 4.79 Å². The highest BCUT2D eigenvalue weighted by Gasteiger charge is 2.52. The minimum atomic E-state index is 0. The summed E-state index contributed by atoms with van der Waals surface area (Å²) in [5, 5.41) is 4.15. The van der Waals surface area contributed by atoms with Crippen LogP contribution in [0.25, 0.3) is 0 Å².